The van der Waals surface area contributed by atoms with Crippen molar-refractivity contribution in [3.63, 3.8) is 0 Å². The van der Waals surface area contributed by atoms with E-state index in [2.05, 4.69) is 35.0 Å². The van der Waals surface area contributed by atoms with E-state index in [0.717, 1.165) is 27.8 Å². The maximum atomic E-state index is 10.4. The number of aliphatic hydroxyl groups is 1. The lowest BCUT2D eigenvalue weighted by atomic mass is 9.99. The zero-order valence-corrected chi connectivity index (χ0v) is 13.4. The molecule has 0 spiro atoms. The fourth-order valence-corrected chi connectivity index (χ4v) is 2.62. The summed E-state index contributed by atoms with van der Waals surface area (Å²) in [6, 6.07) is 14.0. The Labute approximate surface area is 128 Å². The summed E-state index contributed by atoms with van der Waals surface area (Å²) in [7, 11) is 1.65. The summed E-state index contributed by atoms with van der Waals surface area (Å²) in [6.07, 6.45) is 1.02. The van der Waals surface area contributed by atoms with Gasteiger partial charge in [-0.2, -0.15) is 0 Å². The molecule has 2 rings (SSSR count). The van der Waals surface area contributed by atoms with E-state index in [4.69, 9.17) is 4.74 Å². The smallest absolute Gasteiger partial charge is 0.122 e. The number of hydrogen-bond donors (Lipinski definition) is 1. The summed E-state index contributed by atoms with van der Waals surface area (Å²) >= 11 is 3.45. The number of aliphatic hydroxyl groups excluding tert-OH is 1. The summed E-state index contributed by atoms with van der Waals surface area (Å²) in [5.74, 6) is 0.803. The van der Waals surface area contributed by atoms with E-state index < -0.39 is 6.10 Å². The molecule has 0 amide bonds. The Bertz CT molecular complexity index is 564. The molecule has 0 aliphatic rings. The van der Waals surface area contributed by atoms with Gasteiger partial charge in [-0.15, -0.1) is 0 Å². The molecule has 106 valence electrons. The van der Waals surface area contributed by atoms with Crippen LogP contribution in [0.25, 0.3) is 0 Å². The molecule has 0 radical (unpaired) electrons. The zero-order valence-electron chi connectivity index (χ0n) is 11.8. The molecule has 1 atom stereocenters. The first-order valence-corrected chi connectivity index (χ1v) is 7.52. The van der Waals surface area contributed by atoms with Crippen LogP contribution in [0.5, 0.6) is 5.75 Å². The van der Waals surface area contributed by atoms with Crippen LogP contribution in [0.4, 0.5) is 0 Å². The third-order valence-corrected chi connectivity index (χ3v) is 3.92. The molecule has 0 fully saturated rings. The second kappa shape index (κ2) is 6.91. The predicted octanol–water partition coefficient (Wildman–Crippen LogP) is 4.30. The van der Waals surface area contributed by atoms with Crippen molar-refractivity contribution in [2.24, 2.45) is 0 Å². The van der Waals surface area contributed by atoms with Gasteiger partial charge in [-0.1, -0.05) is 47.1 Å². The lowest BCUT2D eigenvalue weighted by Crippen LogP contribution is -2.03. The largest absolute Gasteiger partial charge is 0.496 e. The van der Waals surface area contributed by atoms with Gasteiger partial charge in [0, 0.05) is 10.9 Å². The van der Waals surface area contributed by atoms with Crippen LogP contribution in [-0.2, 0) is 12.8 Å². The van der Waals surface area contributed by atoms with Crippen molar-refractivity contribution < 1.29 is 9.84 Å². The average molecular weight is 335 g/mol. The molecule has 0 saturated heterocycles. The number of hydrogen-bond acceptors (Lipinski definition) is 2. The van der Waals surface area contributed by atoms with Crippen molar-refractivity contribution in [1.82, 2.24) is 0 Å². The first-order chi connectivity index (χ1) is 9.63. The topological polar surface area (TPSA) is 29.5 Å². The summed E-state index contributed by atoms with van der Waals surface area (Å²) < 4.78 is 6.33. The minimum absolute atomic E-state index is 0.524. The van der Waals surface area contributed by atoms with Crippen molar-refractivity contribution in [3.8, 4) is 5.75 Å². The molecule has 2 aromatic carbocycles. The number of rotatable bonds is 5. The monoisotopic (exact) mass is 334 g/mol. The number of halogens is 1. The second-order valence-corrected chi connectivity index (χ2v) is 5.69. The highest BCUT2D eigenvalue weighted by molar-refractivity contribution is 9.10. The molecule has 3 heteroatoms. The number of benzene rings is 2. The Morgan fingerprint density at radius 2 is 1.85 bits per heavy atom. The van der Waals surface area contributed by atoms with Gasteiger partial charge in [0.15, 0.2) is 0 Å². The van der Waals surface area contributed by atoms with Gasteiger partial charge in [-0.3, -0.25) is 0 Å². The zero-order chi connectivity index (χ0) is 14.5. The predicted molar refractivity (Wildman–Crippen MR) is 85.2 cm³/mol. The number of methoxy groups -OCH3 is 1. The highest BCUT2D eigenvalue weighted by Gasteiger charge is 2.12. The average Bonchev–Trinajstić information content (AvgIpc) is 2.47. The molecule has 0 bridgehead atoms. The molecule has 1 N–H and O–H groups in total. The van der Waals surface area contributed by atoms with Crippen LogP contribution < -0.4 is 4.74 Å². The van der Waals surface area contributed by atoms with Gasteiger partial charge in [0.25, 0.3) is 0 Å². The maximum Gasteiger partial charge on any atom is 0.122 e. The van der Waals surface area contributed by atoms with E-state index >= 15 is 0 Å². The Morgan fingerprint density at radius 3 is 2.45 bits per heavy atom. The van der Waals surface area contributed by atoms with Gasteiger partial charge in [-0.05, 0) is 41.3 Å². The molecule has 0 aromatic heterocycles. The van der Waals surface area contributed by atoms with Crippen LogP contribution in [0.1, 0.15) is 29.7 Å². The van der Waals surface area contributed by atoms with Gasteiger partial charge in [0.2, 0.25) is 0 Å². The first-order valence-electron chi connectivity index (χ1n) is 6.73. The van der Waals surface area contributed by atoms with E-state index in [0.29, 0.717) is 6.42 Å². The minimum atomic E-state index is -0.524. The second-order valence-electron chi connectivity index (χ2n) is 4.77. The van der Waals surface area contributed by atoms with Crippen molar-refractivity contribution in [2.45, 2.75) is 25.9 Å². The Balaban J connectivity index is 2.17. The standard InChI is InChI=1S/C17H19BrO2/c1-3-12-4-6-13(7-5-12)16(19)11-14-10-15(18)8-9-17(14)20-2/h4-10,16,19H,3,11H2,1-2H3. The molecular weight excluding hydrogens is 316 g/mol. The summed E-state index contributed by atoms with van der Waals surface area (Å²) in [6.45, 7) is 2.12. The Morgan fingerprint density at radius 1 is 1.15 bits per heavy atom. The van der Waals surface area contributed by atoms with Crippen LogP contribution >= 0.6 is 15.9 Å². The van der Waals surface area contributed by atoms with Gasteiger partial charge in [0.05, 0.1) is 13.2 Å². The van der Waals surface area contributed by atoms with E-state index in [1.165, 1.54) is 5.56 Å². The minimum Gasteiger partial charge on any atom is -0.496 e. The van der Waals surface area contributed by atoms with Crippen LogP contribution in [0.2, 0.25) is 0 Å². The quantitative estimate of drug-likeness (QED) is 0.883. The summed E-state index contributed by atoms with van der Waals surface area (Å²) in [4.78, 5) is 0. The Hall–Kier alpha value is -1.32. The van der Waals surface area contributed by atoms with Crippen LogP contribution in [0.3, 0.4) is 0 Å². The maximum absolute atomic E-state index is 10.4. The van der Waals surface area contributed by atoms with E-state index in [1.54, 1.807) is 7.11 Å². The number of ether oxygens (including phenoxy) is 1. The third-order valence-electron chi connectivity index (χ3n) is 3.43. The third kappa shape index (κ3) is 3.62. The fraction of sp³-hybridized carbons (Fsp3) is 0.294. The van der Waals surface area contributed by atoms with Crippen LogP contribution in [-0.4, -0.2) is 12.2 Å². The molecule has 2 nitrogen and oxygen atoms in total. The molecule has 2 aromatic rings. The van der Waals surface area contributed by atoms with E-state index in [1.807, 2.05) is 30.3 Å². The first kappa shape index (κ1) is 15.1. The molecule has 0 aliphatic heterocycles. The van der Waals surface area contributed by atoms with Gasteiger partial charge < -0.3 is 9.84 Å². The lowest BCUT2D eigenvalue weighted by molar-refractivity contribution is 0.177. The van der Waals surface area contributed by atoms with Crippen LogP contribution in [0.15, 0.2) is 46.9 Å². The summed E-state index contributed by atoms with van der Waals surface area (Å²) in [5.41, 5.74) is 3.21. The summed E-state index contributed by atoms with van der Waals surface area (Å²) in [5, 5.41) is 10.4. The van der Waals surface area contributed by atoms with Crippen molar-refractivity contribution in [1.29, 1.82) is 0 Å². The van der Waals surface area contributed by atoms with Crippen molar-refractivity contribution in [3.05, 3.63) is 63.6 Å². The number of aryl methyl sites for hydroxylation is 1. The van der Waals surface area contributed by atoms with Gasteiger partial charge >= 0.3 is 0 Å². The highest BCUT2D eigenvalue weighted by Crippen LogP contribution is 2.28. The van der Waals surface area contributed by atoms with Gasteiger partial charge in [0.1, 0.15) is 5.75 Å². The Kier molecular flexibility index (Phi) is 5.21. The molecule has 1 unspecified atom stereocenters. The molecular formula is C17H19BrO2. The SMILES string of the molecule is CCc1ccc(C(O)Cc2cc(Br)ccc2OC)cc1. The molecule has 0 aliphatic carbocycles. The van der Waals surface area contributed by atoms with Crippen molar-refractivity contribution >= 4 is 15.9 Å². The highest BCUT2D eigenvalue weighted by atomic mass is 79.9. The normalized spacial score (nSPS) is 12.2. The van der Waals surface area contributed by atoms with E-state index in [-0.39, 0.29) is 0 Å². The molecule has 0 saturated carbocycles. The molecule has 20 heavy (non-hydrogen) atoms. The van der Waals surface area contributed by atoms with Crippen LogP contribution in [0, 0.1) is 0 Å². The lowest BCUT2D eigenvalue weighted by Gasteiger charge is -2.14. The fourth-order valence-electron chi connectivity index (χ4n) is 2.21. The molecule has 0 heterocycles. The van der Waals surface area contributed by atoms with Crippen molar-refractivity contribution in [2.75, 3.05) is 7.11 Å². The van der Waals surface area contributed by atoms with Gasteiger partial charge in [-0.25, -0.2) is 0 Å². The van der Waals surface area contributed by atoms with E-state index in [9.17, 15) is 5.11 Å².